The zero-order valence-electron chi connectivity index (χ0n) is 13.5. The SMILES string of the molecule is COC(=O)c1ccc(C2CN(CC(F)F)CCN2)c2c1NCCO2. The molecule has 0 spiro atoms. The maximum absolute atomic E-state index is 12.7. The molecule has 0 aromatic heterocycles. The fourth-order valence-corrected chi connectivity index (χ4v) is 3.19. The monoisotopic (exact) mass is 341 g/mol. The first-order valence-corrected chi connectivity index (χ1v) is 7.96. The molecule has 6 nitrogen and oxygen atoms in total. The molecule has 3 rings (SSSR count). The van der Waals surface area contributed by atoms with Gasteiger partial charge in [-0.15, -0.1) is 0 Å². The molecule has 1 unspecified atom stereocenters. The highest BCUT2D eigenvalue weighted by molar-refractivity contribution is 5.97. The number of benzene rings is 1. The summed E-state index contributed by atoms with van der Waals surface area (Å²) < 4.78 is 35.9. The lowest BCUT2D eigenvalue weighted by Gasteiger charge is -2.35. The fourth-order valence-electron chi connectivity index (χ4n) is 3.19. The number of alkyl halides is 2. The van der Waals surface area contributed by atoms with E-state index in [1.807, 2.05) is 6.07 Å². The van der Waals surface area contributed by atoms with Gasteiger partial charge in [-0.2, -0.15) is 0 Å². The number of carbonyl (C=O) groups is 1. The maximum Gasteiger partial charge on any atom is 0.340 e. The fraction of sp³-hybridized carbons (Fsp3) is 0.562. The summed E-state index contributed by atoms with van der Waals surface area (Å²) in [4.78, 5) is 13.7. The van der Waals surface area contributed by atoms with Crippen LogP contribution in [0, 0.1) is 0 Å². The van der Waals surface area contributed by atoms with Crippen LogP contribution in [-0.2, 0) is 4.74 Å². The van der Waals surface area contributed by atoms with Crippen LogP contribution in [0.25, 0.3) is 0 Å². The zero-order chi connectivity index (χ0) is 17.1. The Bertz CT molecular complexity index is 612. The highest BCUT2D eigenvalue weighted by Gasteiger charge is 2.29. The number of esters is 1. The van der Waals surface area contributed by atoms with Gasteiger partial charge in [-0.05, 0) is 6.07 Å². The van der Waals surface area contributed by atoms with E-state index in [-0.39, 0.29) is 12.6 Å². The van der Waals surface area contributed by atoms with Crippen molar-refractivity contribution in [2.24, 2.45) is 0 Å². The van der Waals surface area contributed by atoms with Crippen LogP contribution >= 0.6 is 0 Å². The van der Waals surface area contributed by atoms with Gasteiger partial charge in [0.25, 0.3) is 6.43 Å². The molecule has 1 atom stereocenters. The first kappa shape index (κ1) is 16.9. The number of nitrogens with one attached hydrogen (secondary N) is 2. The van der Waals surface area contributed by atoms with E-state index in [1.165, 1.54) is 7.11 Å². The average Bonchev–Trinajstić information content (AvgIpc) is 2.59. The number of hydrogen-bond acceptors (Lipinski definition) is 6. The Hall–Kier alpha value is -1.93. The molecular weight excluding hydrogens is 320 g/mol. The number of methoxy groups -OCH3 is 1. The summed E-state index contributed by atoms with van der Waals surface area (Å²) in [5.74, 6) is 0.160. The van der Waals surface area contributed by atoms with Crippen LogP contribution in [0.15, 0.2) is 12.1 Å². The third-order valence-electron chi connectivity index (χ3n) is 4.27. The van der Waals surface area contributed by atoms with Crippen molar-refractivity contribution in [2.45, 2.75) is 12.5 Å². The summed E-state index contributed by atoms with van der Waals surface area (Å²) in [6.07, 6.45) is -2.35. The summed E-state index contributed by atoms with van der Waals surface area (Å²) in [6.45, 7) is 2.52. The second kappa shape index (κ2) is 7.31. The van der Waals surface area contributed by atoms with E-state index in [4.69, 9.17) is 9.47 Å². The average molecular weight is 341 g/mol. The highest BCUT2D eigenvalue weighted by atomic mass is 19.3. The van der Waals surface area contributed by atoms with Gasteiger partial charge in [0.15, 0.2) is 0 Å². The first-order chi connectivity index (χ1) is 11.6. The number of ether oxygens (including phenoxy) is 2. The van der Waals surface area contributed by atoms with Crippen LogP contribution < -0.4 is 15.4 Å². The molecule has 0 radical (unpaired) electrons. The Morgan fingerprint density at radius 1 is 1.46 bits per heavy atom. The summed E-state index contributed by atoms with van der Waals surface area (Å²) in [6, 6.07) is 3.37. The van der Waals surface area contributed by atoms with Crippen molar-refractivity contribution in [1.29, 1.82) is 0 Å². The highest BCUT2D eigenvalue weighted by Crippen LogP contribution is 2.39. The molecule has 2 aliphatic rings. The van der Waals surface area contributed by atoms with Gasteiger partial charge in [0.1, 0.15) is 12.4 Å². The molecule has 0 saturated carbocycles. The number of fused-ring (bicyclic) bond motifs is 1. The topological polar surface area (TPSA) is 62.8 Å². The lowest BCUT2D eigenvalue weighted by atomic mass is 9.98. The lowest BCUT2D eigenvalue weighted by molar-refractivity contribution is 0.0600. The van der Waals surface area contributed by atoms with E-state index >= 15 is 0 Å². The number of hydrogen-bond donors (Lipinski definition) is 2. The quantitative estimate of drug-likeness (QED) is 0.809. The molecule has 132 valence electrons. The molecule has 2 N–H and O–H groups in total. The molecule has 0 bridgehead atoms. The van der Waals surface area contributed by atoms with Crippen LogP contribution in [-0.4, -0.2) is 63.7 Å². The molecule has 1 aromatic carbocycles. The number of halogens is 2. The van der Waals surface area contributed by atoms with Crippen LogP contribution in [0.1, 0.15) is 22.0 Å². The van der Waals surface area contributed by atoms with Gasteiger partial charge in [0.05, 0.1) is 24.9 Å². The minimum absolute atomic E-state index is 0.127. The van der Waals surface area contributed by atoms with E-state index < -0.39 is 12.4 Å². The molecule has 0 amide bonds. The Labute approximate surface area is 139 Å². The number of anilines is 1. The second-order valence-corrected chi connectivity index (χ2v) is 5.83. The van der Waals surface area contributed by atoms with E-state index in [1.54, 1.807) is 11.0 Å². The van der Waals surface area contributed by atoms with Gasteiger partial charge in [0, 0.05) is 37.8 Å². The standard InChI is InChI=1S/C16H21F2N3O3/c1-23-16(22)11-3-2-10(15-14(11)20-5-7-24-15)12-8-21(6-4-19-12)9-13(17)18/h2-3,12-13,19-20H,4-9H2,1H3. The Morgan fingerprint density at radius 3 is 3.04 bits per heavy atom. The van der Waals surface area contributed by atoms with Crippen molar-refractivity contribution in [3.8, 4) is 5.75 Å². The Kier molecular flexibility index (Phi) is 5.15. The van der Waals surface area contributed by atoms with Crippen LogP contribution in [0.2, 0.25) is 0 Å². The maximum atomic E-state index is 12.7. The van der Waals surface area contributed by atoms with Crippen molar-refractivity contribution in [1.82, 2.24) is 10.2 Å². The van der Waals surface area contributed by atoms with E-state index in [0.29, 0.717) is 49.8 Å². The summed E-state index contributed by atoms with van der Waals surface area (Å²) in [5, 5.41) is 6.52. The Balaban J connectivity index is 1.89. The minimum atomic E-state index is -2.35. The van der Waals surface area contributed by atoms with Gasteiger partial charge < -0.3 is 20.1 Å². The van der Waals surface area contributed by atoms with E-state index in [9.17, 15) is 13.6 Å². The number of nitrogens with zero attached hydrogens (tertiary/aromatic N) is 1. The number of carbonyl (C=O) groups excluding carboxylic acids is 1. The molecule has 0 aliphatic carbocycles. The first-order valence-electron chi connectivity index (χ1n) is 7.96. The Morgan fingerprint density at radius 2 is 2.29 bits per heavy atom. The molecule has 24 heavy (non-hydrogen) atoms. The van der Waals surface area contributed by atoms with E-state index in [0.717, 1.165) is 5.56 Å². The summed E-state index contributed by atoms with van der Waals surface area (Å²) >= 11 is 0. The second-order valence-electron chi connectivity index (χ2n) is 5.83. The molecule has 1 fully saturated rings. The summed E-state index contributed by atoms with van der Waals surface area (Å²) in [5.41, 5.74) is 1.89. The van der Waals surface area contributed by atoms with Gasteiger partial charge in [-0.25, -0.2) is 13.6 Å². The van der Waals surface area contributed by atoms with Crippen molar-refractivity contribution in [2.75, 3.05) is 51.8 Å². The predicted molar refractivity (Wildman–Crippen MR) is 85.0 cm³/mol. The minimum Gasteiger partial charge on any atom is -0.489 e. The van der Waals surface area contributed by atoms with Gasteiger partial charge >= 0.3 is 5.97 Å². The normalized spacial score (nSPS) is 20.9. The number of rotatable bonds is 4. The molecular formula is C16H21F2N3O3. The third kappa shape index (κ3) is 3.44. The lowest BCUT2D eigenvalue weighted by Crippen LogP contribution is -2.47. The van der Waals surface area contributed by atoms with Gasteiger partial charge in [0.2, 0.25) is 0 Å². The smallest absolute Gasteiger partial charge is 0.340 e. The van der Waals surface area contributed by atoms with Crippen molar-refractivity contribution in [3.63, 3.8) is 0 Å². The molecule has 2 aliphatic heterocycles. The molecule has 1 saturated heterocycles. The van der Waals surface area contributed by atoms with Gasteiger partial charge in [-0.3, -0.25) is 4.90 Å². The van der Waals surface area contributed by atoms with E-state index in [2.05, 4.69) is 10.6 Å². The molecule has 1 aromatic rings. The van der Waals surface area contributed by atoms with Crippen LogP contribution in [0.3, 0.4) is 0 Å². The van der Waals surface area contributed by atoms with Crippen LogP contribution in [0.4, 0.5) is 14.5 Å². The molecule has 2 heterocycles. The van der Waals surface area contributed by atoms with Crippen molar-refractivity contribution < 1.29 is 23.0 Å². The molecule has 8 heteroatoms. The largest absolute Gasteiger partial charge is 0.489 e. The van der Waals surface area contributed by atoms with Crippen LogP contribution in [0.5, 0.6) is 5.75 Å². The predicted octanol–water partition coefficient (Wildman–Crippen LogP) is 1.49. The zero-order valence-corrected chi connectivity index (χ0v) is 13.5. The third-order valence-corrected chi connectivity index (χ3v) is 4.27. The summed E-state index contributed by atoms with van der Waals surface area (Å²) in [7, 11) is 1.33. The van der Waals surface area contributed by atoms with Gasteiger partial charge in [-0.1, -0.05) is 6.07 Å². The van der Waals surface area contributed by atoms with Crippen molar-refractivity contribution in [3.05, 3.63) is 23.3 Å². The van der Waals surface area contributed by atoms with Crippen molar-refractivity contribution >= 4 is 11.7 Å². The number of piperazine rings is 1.